The number of pyridine rings is 1. The fraction of sp³-hybridized carbons (Fsp3) is 0.368. The second-order valence-electron chi connectivity index (χ2n) is 7.60. The van der Waals surface area contributed by atoms with Crippen molar-refractivity contribution in [3.05, 3.63) is 30.0 Å². The van der Waals surface area contributed by atoms with Crippen LogP contribution in [0.25, 0.3) is 21.8 Å². The maximum atomic E-state index is 13.6. The van der Waals surface area contributed by atoms with Crippen molar-refractivity contribution in [3.8, 4) is 11.6 Å². The predicted octanol–water partition coefficient (Wildman–Crippen LogP) is 4.19. The Morgan fingerprint density at radius 3 is 2.16 bits per heavy atom. The van der Waals surface area contributed by atoms with Gasteiger partial charge >= 0.3 is 37.3 Å². The second kappa shape index (κ2) is 9.77. The topological polar surface area (TPSA) is 140 Å². The largest absolute Gasteiger partial charge is 0.534 e. The highest BCUT2D eigenvalue weighted by molar-refractivity contribution is 7.91. The number of fused-ring (bicyclic) bond motifs is 3. The Balaban J connectivity index is 2.52. The first-order valence-corrected chi connectivity index (χ1v) is 12.8. The lowest BCUT2D eigenvalue weighted by molar-refractivity contribution is -0.0500. The SMILES string of the molecule is COCc1c(OC(=O)OC(C)C)ncc2c1c1c(OS(=O)(=O)C(F)(F)F)cccc1n2S(=O)(=O)C(F)(F)F. The van der Waals surface area contributed by atoms with E-state index in [9.17, 15) is 48.0 Å². The molecule has 3 aromatic rings. The lowest BCUT2D eigenvalue weighted by Gasteiger charge is -2.13. The molecule has 2 heterocycles. The van der Waals surface area contributed by atoms with Gasteiger partial charge < -0.3 is 18.4 Å². The van der Waals surface area contributed by atoms with Gasteiger partial charge in [0.15, 0.2) is 5.75 Å². The smallest absolute Gasteiger partial charge is 0.431 e. The van der Waals surface area contributed by atoms with E-state index in [2.05, 4.69) is 9.17 Å². The number of halogens is 6. The van der Waals surface area contributed by atoms with Crippen LogP contribution in [0.5, 0.6) is 11.6 Å². The van der Waals surface area contributed by atoms with Crippen LogP contribution in [0.1, 0.15) is 19.4 Å². The van der Waals surface area contributed by atoms with Gasteiger partial charge in [0, 0.05) is 12.5 Å². The first-order valence-electron chi connectivity index (χ1n) is 9.98. The number of benzene rings is 1. The van der Waals surface area contributed by atoms with Gasteiger partial charge in [-0.15, -0.1) is 0 Å². The molecule has 0 aliphatic rings. The summed E-state index contributed by atoms with van der Waals surface area (Å²) in [5.74, 6) is -1.86. The molecule has 0 bridgehead atoms. The summed E-state index contributed by atoms with van der Waals surface area (Å²) in [6.45, 7) is 2.25. The van der Waals surface area contributed by atoms with Gasteiger partial charge in [0.25, 0.3) is 0 Å². The molecule has 0 radical (unpaired) electrons. The Kier molecular flexibility index (Phi) is 7.52. The Labute approximate surface area is 210 Å². The molecule has 19 heteroatoms. The number of carbonyl (C=O) groups excluding carboxylic acids is 1. The molecule has 2 aromatic heterocycles. The van der Waals surface area contributed by atoms with Crippen LogP contribution in [0.2, 0.25) is 0 Å². The van der Waals surface area contributed by atoms with Gasteiger partial charge in [-0.3, -0.25) is 0 Å². The fourth-order valence-corrected chi connectivity index (χ4v) is 4.77. The van der Waals surface area contributed by atoms with Crippen LogP contribution in [0.4, 0.5) is 31.1 Å². The Bertz CT molecular complexity index is 1610. The van der Waals surface area contributed by atoms with E-state index >= 15 is 0 Å². The van der Waals surface area contributed by atoms with Crippen LogP contribution in [0, 0.1) is 0 Å². The number of carbonyl (C=O) groups is 1. The van der Waals surface area contributed by atoms with Crippen LogP contribution in [0.3, 0.4) is 0 Å². The van der Waals surface area contributed by atoms with Crippen molar-refractivity contribution < 1.29 is 66.4 Å². The van der Waals surface area contributed by atoms with E-state index in [4.69, 9.17) is 14.2 Å². The number of hydrogen-bond donors (Lipinski definition) is 0. The van der Waals surface area contributed by atoms with Gasteiger partial charge in [0.05, 0.1) is 40.9 Å². The minimum Gasteiger partial charge on any atom is -0.431 e. The normalized spacial score (nSPS) is 13.3. The molecule has 0 aliphatic heterocycles. The minimum absolute atomic E-state index is 0.298. The summed E-state index contributed by atoms with van der Waals surface area (Å²) in [6, 6.07) is 2.18. The van der Waals surface area contributed by atoms with Gasteiger partial charge in [-0.2, -0.15) is 43.2 Å². The van der Waals surface area contributed by atoms with Crippen molar-refractivity contribution in [2.24, 2.45) is 0 Å². The second-order valence-corrected chi connectivity index (χ2v) is 10.9. The van der Waals surface area contributed by atoms with Gasteiger partial charge in [-0.1, -0.05) is 6.07 Å². The lowest BCUT2D eigenvalue weighted by atomic mass is 10.1. The van der Waals surface area contributed by atoms with E-state index < -0.39 is 89.0 Å². The van der Waals surface area contributed by atoms with Crippen LogP contribution in [0.15, 0.2) is 24.4 Å². The molecule has 0 saturated carbocycles. The van der Waals surface area contributed by atoms with Crippen molar-refractivity contribution in [2.45, 2.75) is 37.6 Å². The highest BCUT2D eigenvalue weighted by atomic mass is 32.2. The molecular formula is C19H16F6N2O9S2. The molecule has 38 heavy (non-hydrogen) atoms. The quantitative estimate of drug-likeness (QED) is 0.169. The molecule has 11 nitrogen and oxygen atoms in total. The van der Waals surface area contributed by atoms with Gasteiger partial charge in [-0.25, -0.2) is 13.8 Å². The van der Waals surface area contributed by atoms with E-state index in [0.29, 0.717) is 12.3 Å². The maximum Gasteiger partial charge on any atom is 0.534 e. The Morgan fingerprint density at radius 1 is 1.00 bits per heavy atom. The van der Waals surface area contributed by atoms with E-state index in [1.807, 2.05) is 0 Å². The number of hydrogen-bond acceptors (Lipinski definition) is 10. The van der Waals surface area contributed by atoms with E-state index in [1.165, 1.54) is 13.8 Å². The minimum atomic E-state index is -6.37. The highest BCUT2D eigenvalue weighted by Gasteiger charge is 2.50. The third kappa shape index (κ3) is 5.17. The molecule has 0 aliphatic carbocycles. The lowest BCUT2D eigenvalue weighted by Crippen LogP contribution is -2.29. The predicted molar refractivity (Wildman–Crippen MR) is 116 cm³/mol. The molecule has 0 amide bonds. The molecule has 0 saturated heterocycles. The molecule has 1 aromatic carbocycles. The maximum absolute atomic E-state index is 13.6. The average molecular weight is 594 g/mol. The summed E-state index contributed by atoms with van der Waals surface area (Å²) in [5.41, 5.74) is -14.1. The molecule has 0 atom stereocenters. The fourth-order valence-electron chi connectivity index (χ4n) is 3.29. The number of nitrogens with zero attached hydrogens (tertiary/aromatic N) is 2. The average Bonchev–Trinajstić information content (AvgIpc) is 3.09. The summed E-state index contributed by atoms with van der Waals surface area (Å²) in [6.07, 6.45) is -1.51. The number of aromatic nitrogens is 2. The van der Waals surface area contributed by atoms with Gasteiger partial charge in [-0.05, 0) is 26.0 Å². The first kappa shape index (κ1) is 29.2. The van der Waals surface area contributed by atoms with Crippen molar-refractivity contribution in [1.82, 2.24) is 8.96 Å². The number of methoxy groups -OCH3 is 1. The third-order valence-electron chi connectivity index (χ3n) is 4.63. The summed E-state index contributed by atoms with van der Waals surface area (Å²) in [4.78, 5) is 15.7. The molecular weight excluding hydrogens is 578 g/mol. The standard InChI is InChI=1S/C19H16F6N2O9S2/c1-9(2)34-17(28)35-16-10(8-33-3)14-12(7-26-16)27(37(29,30)18(20,21)22)11-5-4-6-13(15(11)14)36-38(31,32)19(23,24)25/h4-7,9H,8H2,1-3H3. The van der Waals surface area contributed by atoms with Gasteiger partial charge in [0.1, 0.15) is 0 Å². The number of ether oxygens (including phenoxy) is 3. The van der Waals surface area contributed by atoms with E-state index in [-0.39, 0.29) is 3.97 Å². The zero-order chi connectivity index (χ0) is 28.8. The highest BCUT2D eigenvalue weighted by Crippen LogP contribution is 2.44. The van der Waals surface area contributed by atoms with Crippen LogP contribution >= 0.6 is 0 Å². The third-order valence-corrected chi connectivity index (χ3v) is 7.05. The van der Waals surface area contributed by atoms with E-state index in [1.54, 1.807) is 0 Å². The number of alkyl halides is 6. The van der Waals surface area contributed by atoms with Gasteiger partial charge in [0.2, 0.25) is 5.88 Å². The van der Waals surface area contributed by atoms with Crippen molar-refractivity contribution in [2.75, 3.05) is 7.11 Å². The molecule has 0 spiro atoms. The van der Waals surface area contributed by atoms with Crippen molar-refractivity contribution in [3.63, 3.8) is 0 Å². The zero-order valence-corrected chi connectivity index (χ0v) is 20.9. The summed E-state index contributed by atoms with van der Waals surface area (Å²) in [5, 5.41) is -1.44. The first-order chi connectivity index (χ1) is 17.3. The molecule has 210 valence electrons. The molecule has 3 rings (SSSR count). The van der Waals surface area contributed by atoms with Crippen molar-refractivity contribution in [1.29, 1.82) is 0 Å². The van der Waals surface area contributed by atoms with E-state index in [0.717, 1.165) is 19.2 Å². The van der Waals surface area contributed by atoms with Crippen LogP contribution in [-0.4, -0.2) is 56.2 Å². The number of rotatable bonds is 7. The molecule has 0 fully saturated rings. The van der Waals surface area contributed by atoms with Crippen molar-refractivity contribution >= 4 is 48.1 Å². The summed E-state index contributed by atoms with van der Waals surface area (Å²) >= 11 is 0. The van der Waals surface area contributed by atoms with Crippen LogP contribution < -0.4 is 8.92 Å². The molecule has 0 N–H and O–H groups in total. The molecule has 0 unspecified atom stereocenters. The zero-order valence-electron chi connectivity index (χ0n) is 19.2. The van der Waals surface area contributed by atoms with Crippen LogP contribution in [-0.2, 0) is 36.2 Å². The Hall–Kier alpha value is -3.32. The summed E-state index contributed by atoms with van der Waals surface area (Å²) < 4.78 is 147. The monoisotopic (exact) mass is 594 g/mol. The summed E-state index contributed by atoms with van der Waals surface area (Å²) in [7, 11) is -11.6. The Morgan fingerprint density at radius 2 is 1.63 bits per heavy atom.